The monoisotopic (exact) mass is 577 g/mol. The van der Waals surface area contributed by atoms with Crippen LogP contribution in [-0.2, 0) is 14.3 Å². The molecule has 0 aliphatic rings. The van der Waals surface area contributed by atoms with Gasteiger partial charge in [0.15, 0.2) is 0 Å². The van der Waals surface area contributed by atoms with Crippen LogP contribution >= 0.6 is 11.8 Å². The lowest BCUT2D eigenvalue weighted by Gasteiger charge is -2.35. The van der Waals surface area contributed by atoms with Crippen molar-refractivity contribution >= 4 is 29.7 Å². The van der Waals surface area contributed by atoms with Crippen LogP contribution in [0.4, 0.5) is 4.79 Å². The molecule has 0 aliphatic heterocycles. The molecule has 2 N–H and O–H groups in total. The highest BCUT2D eigenvalue weighted by atomic mass is 32.2. The smallest absolute Gasteiger partial charge is 0.408 e. The van der Waals surface area contributed by atoms with E-state index in [2.05, 4.69) is 30.5 Å². The Morgan fingerprint density at radius 1 is 0.925 bits per heavy atom. The molecule has 8 heteroatoms. The average molecular weight is 578 g/mol. The number of hydrogen-bond donors (Lipinski definition) is 2. The zero-order valence-corrected chi connectivity index (χ0v) is 27.2. The van der Waals surface area contributed by atoms with Crippen molar-refractivity contribution in [3.05, 3.63) is 34.9 Å². The van der Waals surface area contributed by atoms with E-state index in [9.17, 15) is 14.4 Å². The molecule has 0 radical (unpaired) electrons. The van der Waals surface area contributed by atoms with Crippen molar-refractivity contribution in [2.45, 2.75) is 124 Å². The van der Waals surface area contributed by atoms with Crippen molar-refractivity contribution in [3.63, 3.8) is 0 Å². The molecule has 1 rings (SSSR count). The van der Waals surface area contributed by atoms with Gasteiger partial charge < -0.3 is 20.3 Å². The fourth-order valence-corrected chi connectivity index (χ4v) is 5.17. The Labute approximate surface area is 248 Å². The lowest BCUT2D eigenvalue weighted by atomic mass is 9.97. The molecule has 0 bridgehead atoms. The number of aryl methyl sites for hydroxylation is 2. The summed E-state index contributed by atoms with van der Waals surface area (Å²) in [5, 5.41) is 5.91. The molecule has 1 aromatic carbocycles. The van der Waals surface area contributed by atoms with Crippen LogP contribution in [0.15, 0.2) is 18.2 Å². The first-order chi connectivity index (χ1) is 18.9. The first-order valence-electron chi connectivity index (χ1n) is 15.1. The third kappa shape index (κ3) is 13.9. The highest BCUT2D eigenvalue weighted by Gasteiger charge is 2.36. The van der Waals surface area contributed by atoms with Gasteiger partial charge in [0.2, 0.25) is 11.8 Å². The lowest BCUT2D eigenvalue weighted by Crippen LogP contribution is -2.53. The van der Waals surface area contributed by atoms with Gasteiger partial charge in [0, 0.05) is 13.1 Å². The molecule has 0 spiro atoms. The molecule has 3 amide bonds. The van der Waals surface area contributed by atoms with Crippen molar-refractivity contribution in [2.24, 2.45) is 0 Å². The number of carbonyl (C=O) groups excluding carboxylic acids is 3. The van der Waals surface area contributed by atoms with Crippen molar-refractivity contribution in [1.82, 2.24) is 15.5 Å². The number of carbonyl (C=O) groups is 3. The number of hydrogen-bond acceptors (Lipinski definition) is 5. The first kappa shape index (κ1) is 35.8. The van der Waals surface area contributed by atoms with Gasteiger partial charge in [-0.3, -0.25) is 9.59 Å². The number of benzene rings is 1. The maximum absolute atomic E-state index is 14.3. The van der Waals surface area contributed by atoms with Crippen LogP contribution in [0.2, 0.25) is 0 Å². The second-order valence-corrected chi connectivity index (χ2v) is 12.7. The normalized spacial score (nSPS) is 12.9. The van der Waals surface area contributed by atoms with Gasteiger partial charge in [-0.05, 0) is 71.5 Å². The number of thioether (sulfide) groups is 1. The van der Waals surface area contributed by atoms with E-state index in [-0.39, 0.29) is 11.8 Å². The summed E-state index contributed by atoms with van der Waals surface area (Å²) in [6.45, 7) is 14.7. The van der Waals surface area contributed by atoms with Crippen LogP contribution in [0.1, 0.15) is 115 Å². The molecule has 0 heterocycles. The number of alkyl carbamates (subject to hydrolysis) is 1. The zero-order valence-electron chi connectivity index (χ0n) is 26.4. The molecule has 40 heavy (non-hydrogen) atoms. The van der Waals surface area contributed by atoms with E-state index < -0.39 is 23.8 Å². The SMILES string of the molecule is CCCCCCCCN(C(=O)C(CCSC)NC(=O)OC(C)(C)C)C(C(=O)NCCCC)c1cc(C)cc(C)c1. The molecule has 2 unspecified atom stereocenters. The van der Waals surface area contributed by atoms with Crippen molar-refractivity contribution in [3.8, 4) is 0 Å². The Bertz CT molecular complexity index is 896. The number of nitrogens with zero attached hydrogens (tertiary/aromatic N) is 1. The Balaban J connectivity index is 3.45. The molecular formula is C32H55N3O4S. The van der Waals surface area contributed by atoms with Crippen LogP contribution in [0.3, 0.4) is 0 Å². The van der Waals surface area contributed by atoms with Gasteiger partial charge in [-0.15, -0.1) is 0 Å². The van der Waals surface area contributed by atoms with Crippen LogP contribution in [0.5, 0.6) is 0 Å². The summed E-state index contributed by atoms with van der Waals surface area (Å²) in [5.74, 6) is 0.260. The van der Waals surface area contributed by atoms with E-state index in [1.807, 2.05) is 32.2 Å². The van der Waals surface area contributed by atoms with Gasteiger partial charge in [0.25, 0.3) is 0 Å². The zero-order chi connectivity index (χ0) is 30.1. The number of rotatable bonds is 18. The quantitative estimate of drug-likeness (QED) is 0.182. The van der Waals surface area contributed by atoms with E-state index in [0.29, 0.717) is 25.3 Å². The fraction of sp³-hybridized carbons (Fsp3) is 0.719. The summed E-state index contributed by atoms with van der Waals surface area (Å²) in [5.41, 5.74) is 2.20. The summed E-state index contributed by atoms with van der Waals surface area (Å²) in [7, 11) is 0. The second-order valence-electron chi connectivity index (χ2n) is 11.7. The third-order valence-corrected chi connectivity index (χ3v) is 7.23. The lowest BCUT2D eigenvalue weighted by molar-refractivity contribution is -0.142. The maximum Gasteiger partial charge on any atom is 0.408 e. The van der Waals surface area contributed by atoms with Gasteiger partial charge in [-0.25, -0.2) is 4.79 Å². The summed E-state index contributed by atoms with van der Waals surface area (Å²) in [6.07, 6.45) is 10.0. The molecule has 0 aromatic heterocycles. The molecule has 1 aromatic rings. The fourth-order valence-electron chi connectivity index (χ4n) is 4.70. The van der Waals surface area contributed by atoms with Crippen molar-refractivity contribution in [2.75, 3.05) is 25.1 Å². The maximum atomic E-state index is 14.3. The average Bonchev–Trinajstić information content (AvgIpc) is 2.85. The minimum atomic E-state index is -0.792. The number of nitrogens with one attached hydrogen (secondary N) is 2. The van der Waals surface area contributed by atoms with Gasteiger partial charge >= 0.3 is 6.09 Å². The number of unbranched alkanes of at least 4 members (excludes halogenated alkanes) is 6. The minimum Gasteiger partial charge on any atom is -0.444 e. The molecule has 7 nitrogen and oxygen atoms in total. The van der Waals surface area contributed by atoms with Crippen LogP contribution in [0, 0.1) is 13.8 Å². The minimum absolute atomic E-state index is 0.182. The van der Waals surface area contributed by atoms with E-state index in [4.69, 9.17) is 4.74 Å². The van der Waals surface area contributed by atoms with E-state index >= 15 is 0 Å². The number of ether oxygens (including phenoxy) is 1. The summed E-state index contributed by atoms with van der Waals surface area (Å²) in [6, 6.07) is 4.49. The molecular weight excluding hydrogens is 522 g/mol. The molecule has 0 fully saturated rings. The Hall–Kier alpha value is -2.22. The predicted molar refractivity (Wildman–Crippen MR) is 168 cm³/mol. The Kier molecular flexibility index (Phi) is 17.0. The molecule has 0 saturated heterocycles. The van der Waals surface area contributed by atoms with Gasteiger partial charge in [-0.2, -0.15) is 11.8 Å². The summed E-state index contributed by atoms with van der Waals surface area (Å²) in [4.78, 5) is 42.6. The van der Waals surface area contributed by atoms with Crippen LogP contribution < -0.4 is 10.6 Å². The largest absolute Gasteiger partial charge is 0.444 e. The Morgan fingerprint density at radius 2 is 1.52 bits per heavy atom. The van der Waals surface area contributed by atoms with Crippen LogP contribution in [0.25, 0.3) is 0 Å². The highest BCUT2D eigenvalue weighted by Crippen LogP contribution is 2.26. The topological polar surface area (TPSA) is 87.7 Å². The predicted octanol–water partition coefficient (Wildman–Crippen LogP) is 7.10. The first-order valence-corrected chi connectivity index (χ1v) is 16.5. The van der Waals surface area contributed by atoms with Crippen molar-refractivity contribution < 1.29 is 19.1 Å². The molecule has 0 aliphatic carbocycles. The van der Waals surface area contributed by atoms with E-state index in [0.717, 1.165) is 48.8 Å². The molecule has 2 atom stereocenters. The summed E-state index contributed by atoms with van der Waals surface area (Å²) >= 11 is 1.61. The highest BCUT2D eigenvalue weighted by molar-refractivity contribution is 7.98. The van der Waals surface area contributed by atoms with Crippen LogP contribution in [-0.4, -0.2) is 59.5 Å². The number of amides is 3. The van der Waals surface area contributed by atoms with Gasteiger partial charge in [-0.1, -0.05) is 81.7 Å². The van der Waals surface area contributed by atoms with Crippen molar-refractivity contribution in [1.29, 1.82) is 0 Å². The van der Waals surface area contributed by atoms with Gasteiger partial charge in [0.1, 0.15) is 17.7 Å². The van der Waals surface area contributed by atoms with Gasteiger partial charge in [0.05, 0.1) is 0 Å². The van der Waals surface area contributed by atoms with E-state index in [1.165, 1.54) is 19.3 Å². The van der Waals surface area contributed by atoms with E-state index in [1.54, 1.807) is 37.4 Å². The second kappa shape index (κ2) is 19.0. The molecule has 228 valence electrons. The molecule has 0 saturated carbocycles. The Morgan fingerprint density at radius 3 is 2.10 bits per heavy atom. The summed E-state index contributed by atoms with van der Waals surface area (Å²) < 4.78 is 5.50. The third-order valence-electron chi connectivity index (χ3n) is 6.58. The standard InChI is InChI=1S/C32H55N3O4S/c1-9-11-13-14-15-16-19-35(30(37)27(17-20-40-8)34-31(38)39-32(5,6)7)28(29(36)33-18-12-10-2)26-22-24(3)21-25(4)23-26/h21-23,27-28H,9-20H2,1-8H3,(H,33,36)(H,34,38).